The second-order valence-electron chi connectivity index (χ2n) is 6.30. The highest BCUT2D eigenvalue weighted by molar-refractivity contribution is 5.94. The first-order valence-electron chi connectivity index (χ1n) is 7.46. The zero-order valence-corrected chi connectivity index (χ0v) is 12.6. The van der Waals surface area contributed by atoms with E-state index in [9.17, 15) is 0 Å². The Morgan fingerprint density at radius 1 is 1.30 bits per heavy atom. The van der Waals surface area contributed by atoms with Crippen LogP contribution < -0.4 is 10.6 Å². The number of rotatable bonds is 2. The lowest BCUT2D eigenvalue weighted by atomic mass is 9.95. The van der Waals surface area contributed by atoms with Crippen molar-refractivity contribution >= 4 is 22.3 Å². The van der Waals surface area contributed by atoms with Gasteiger partial charge in [0.2, 0.25) is 0 Å². The van der Waals surface area contributed by atoms with Gasteiger partial charge < -0.3 is 10.6 Å². The van der Waals surface area contributed by atoms with E-state index in [4.69, 9.17) is 5.73 Å². The summed E-state index contributed by atoms with van der Waals surface area (Å²) in [6.45, 7) is 8.99. The Morgan fingerprint density at radius 2 is 2.10 bits per heavy atom. The fourth-order valence-electron chi connectivity index (χ4n) is 3.17. The molecular weight excluding hydrogens is 246 g/mol. The van der Waals surface area contributed by atoms with Crippen molar-refractivity contribution in [3.05, 3.63) is 30.0 Å². The zero-order chi connectivity index (χ0) is 14.3. The predicted octanol–water partition coefficient (Wildman–Crippen LogP) is 3.61. The van der Waals surface area contributed by atoms with Crippen LogP contribution in [-0.2, 0) is 0 Å². The molecule has 1 saturated heterocycles. The van der Waals surface area contributed by atoms with Gasteiger partial charge in [0.1, 0.15) is 0 Å². The van der Waals surface area contributed by atoms with Crippen LogP contribution in [0.15, 0.2) is 24.3 Å². The first-order valence-corrected chi connectivity index (χ1v) is 7.46. The molecule has 0 spiro atoms. The van der Waals surface area contributed by atoms with Gasteiger partial charge in [-0.2, -0.15) is 0 Å². The summed E-state index contributed by atoms with van der Waals surface area (Å²) >= 11 is 0. The molecule has 1 aliphatic rings. The Labute approximate surface area is 120 Å². The van der Waals surface area contributed by atoms with Crippen LogP contribution in [0.5, 0.6) is 0 Å². The third-order valence-corrected chi connectivity index (χ3v) is 4.45. The summed E-state index contributed by atoms with van der Waals surface area (Å²) in [7, 11) is 0. The maximum Gasteiger partial charge on any atom is 0.0727 e. The van der Waals surface area contributed by atoms with Crippen molar-refractivity contribution in [3.8, 4) is 0 Å². The van der Waals surface area contributed by atoms with Gasteiger partial charge in [-0.05, 0) is 49.4 Å². The molecule has 106 valence electrons. The normalized spacial score (nSPS) is 19.2. The van der Waals surface area contributed by atoms with Crippen molar-refractivity contribution < 1.29 is 0 Å². The number of pyridine rings is 1. The van der Waals surface area contributed by atoms with E-state index in [-0.39, 0.29) is 0 Å². The molecule has 2 aromatic rings. The number of anilines is 2. The van der Waals surface area contributed by atoms with Crippen LogP contribution in [0.4, 0.5) is 11.4 Å². The molecule has 0 amide bonds. The van der Waals surface area contributed by atoms with Gasteiger partial charge in [-0.1, -0.05) is 13.8 Å². The summed E-state index contributed by atoms with van der Waals surface area (Å²) in [5, 5.41) is 1.18. The molecule has 3 rings (SSSR count). The molecule has 1 aromatic heterocycles. The van der Waals surface area contributed by atoms with Crippen molar-refractivity contribution in [1.29, 1.82) is 0 Å². The van der Waals surface area contributed by atoms with Crippen LogP contribution in [0.2, 0.25) is 0 Å². The molecule has 3 heteroatoms. The summed E-state index contributed by atoms with van der Waals surface area (Å²) < 4.78 is 0. The van der Waals surface area contributed by atoms with Gasteiger partial charge in [-0.25, -0.2) is 0 Å². The van der Waals surface area contributed by atoms with Crippen LogP contribution in [0.1, 0.15) is 26.0 Å². The van der Waals surface area contributed by atoms with E-state index in [0.717, 1.165) is 41.8 Å². The molecule has 1 atom stereocenters. The van der Waals surface area contributed by atoms with Crippen molar-refractivity contribution in [2.75, 3.05) is 23.7 Å². The van der Waals surface area contributed by atoms with Crippen molar-refractivity contribution in [1.82, 2.24) is 4.98 Å². The lowest BCUT2D eigenvalue weighted by Gasteiger charge is -2.22. The number of hydrogen-bond donors (Lipinski definition) is 1. The number of nitrogens with zero attached hydrogens (tertiary/aromatic N) is 2. The van der Waals surface area contributed by atoms with Gasteiger partial charge in [0.05, 0.1) is 5.52 Å². The fourth-order valence-corrected chi connectivity index (χ4v) is 3.17. The lowest BCUT2D eigenvalue weighted by Crippen LogP contribution is -2.21. The van der Waals surface area contributed by atoms with Gasteiger partial charge in [0.25, 0.3) is 0 Å². The molecule has 1 aliphatic heterocycles. The number of nitrogen functional groups attached to an aromatic ring is 1. The smallest absolute Gasteiger partial charge is 0.0727 e. The molecule has 0 aliphatic carbocycles. The van der Waals surface area contributed by atoms with Gasteiger partial charge in [0, 0.05) is 35.5 Å². The van der Waals surface area contributed by atoms with E-state index in [2.05, 4.69) is 42.8 Å². The van der Waals surface area contributed by atoms with E-state index in [1.807, 2.05) is 12.1 Å². The Balaban J connectivity index is 2.05. The minimum atomic E-state index is 0.749. The van der Waals surface area contributed by atoms with Crippen molar-refractivity contribution in [3.63, 3.8) is 0 Å². The highest BCUT2D eigenvalue weighted by Gasteiger charge is 2.26. The minimum Gasteiger partial charge on any atom is -0.399 e. The molecule has 20 heavy (non-hydrogen) atoms. The highest BCUT2D eigenvalue weighted by atomic mass is 15.2. The maximum absolute atomic E-state index is 5.96. The third kappa shape index (κ3) is 2.33. The fraction of sp³-hybridized carbons (Fsp3) is 0.471. The monoisotopic (exact) mass is 269 g/mol. The third-order valence-electron chi connectivity index (χ3n) is 4.45. The Hall–Kier alpha value is -1.77. The van der Waals surface area contributed by atoms with E-state index >= 15 is 0 Å². The van der Waals surface area contributed by atoms with Crippen LogP contribution in [-0.4, -0.2) is 18.1 Å². The SMILES string of the molecule is Cc1cc(N2CCC(C(C)C)C2)c2cc(N)ccc2n1. The molecule has 3 nitrogen and oxygen atoms in total. The van der Waals surface area contributed by atoms with Gasteiger partial charge in [-0.3, -0.25) is 4.98 Å². The van der Waals surface area contributed by atoms with Gasteiger partial charge in [0.15, 0.2) is 0 Å². The van der Waals surface area contributed by atoms with Crippen molar-refractivity contribution in [2.45, 2.75) is 27.2 Å². The molecule has 0 radical (unpaired) electrons. The summed E-state index contributed by atoms with van der Waals surface area (Å²) in [5.41, 5.74) is 10.2. The summed E-state index contributed by atoms with van der Waals surface area (Å²) in [6.07, 6.45) is 1.28. The van der Waals surface area contributed by atoms with Crippen LogP contribution in [0.25, 0.3) is 10.9 Å². The first kappa shape index (κ1) is 13.2. The average molecular weight is 269 g/mol. The van der Waals surface area contributed by atoms with E-state index in [1.54, 1.807) is 0 Å². The van der Waals surface area contributed by atoms with E-state index < -0.39 is 0 Å². The Bertz CT molecular complexity index is 633. The lowest BCUT2D eigenvalue weighted by molar-refractivity contribution is 0.423. The molecule has 1 unspecified atom stereocenters. The van der Waals surface area contributed by atoms with Crippen LogP contribution in [0, 0.1) is 18.8 Å². The van der Waals surface area contributed by atoms with Crippen molar-refractivity contribution in [2.24, 2.45) is 11.8 Å². The molecule has 1 fully saturated rings. The molecule has 2 N–H and O–H groups in total. The standard InChI is InChI=1S/C17H23N3/c1-11(2)13-6-7-20(10-13)17-8-12(3)19-16-5-4-14(18)9-15(16)17/h4-5,8-9,11,13H,6-7,10,18H2,1-3H3. The predicted molar refractivity (Wildman–Crippen MR) is 86.1 cm³/mol. The molecular formula is C17H23N3. The number of nitrogens with two attached hydrogens (primary N) is 1. The zero-order valence-electron chi connectivity index (χ0n) is 12.6. The number of fused-ring (bicyclic) bond motifs is 1. The second kappa shape index (κ2) is 4.97. The summed E-state index contributed by atoms with van der Waals surface area (Å²) in [6, 6.07) is 8.21. The van der Waals surface area contributed by atoms with Crippen LogP contribution in [0.3, 0.4) is 0 Å². The Kier molecular flexibility index (Phi) is 3.28. The summed E-state index contributed by atoms with van der Waals surface area (Å²) in [4.78, 5) is 7.12. The Morgan fingerprint density at radius 3 is 2.80 bits per heavy atom. The van der Waals surface area contributed by atoms with Gasteiger partial charge in [-0.15, -0.1) is 0 Å². The molecule has 0 saturated carbocycles. The number of aromatic nitrogens is 1. The number of aryl methyl sites for hydroxylation is 1. The maximum atomic E-state index is 5.96. The molecule has 0 bridgehead atoms. The minimum absolute atomic E-state index is 0.749. The summed E-state index contributed by atoms with van der Waals surface area (Å²) in [5.74, 6) is 1.54. The number of hydrogen-bond acceptors (Lipinski definition) is 3. The second-order valence-corrected chi connectivity index (χ2v) is 6.30. The average Bonchev–Trinajstić information content (AvgIpc) is 2.88. The van der Waals surface area contributed by atoms with E-state index in [1.165, 1.54) is 17.5 Å². The molecule has 2 heterocycles. The quantitative estimate of drug-likeness (QED) is 0.847. The largest absolute Gasteiger partial charge is 0.399 e. The molecule has 1 aromatic carbocycles. The number of benzene rings is 1. The van der Waals surface area contributed by atoms with Gasteiger partial charge >= 0.3 is 0 Å². The highest BCUT2D eigenvalue weighted by Crippen LogP contribution is 2.33. The topological polar surface area (TPSA) is 42.1 Å². The first-order chi connectivity index (χ1) is 9.54. The van der Waals surface area contributed by atoms with Crippen LogP contribution >= 0.6 is 0 Å². The van der Waals surface area contributed by atoms with E-state index in [0.29, 0.717) is 0 Å².